The van der Waals surface area contributed by atoms with Crippen LogP contribution in [0.4, 0.5) is 0 Å². The smallest absolute Gasteiger partial charge is 0.0633 e. The Labute approximate surface area is 83.6 Å². The Hall–Kier alpha value is -0.970. The normalized spacial score (nSPS) is 11.6. The van der Waals surface area contributed by atoms with Crippen LogP contribution in [0.3, 0.4) is 0 Å². The second-order valence-electron chi connectivity index (χ2n) is 3.59. The summed E-state index contributed by atoms with van der Waals surface area (Å²) in [5.41, 5.74) is 0.455. The molecule has 4 heteroatoms. The van der Waals surface area contributed by atoms with Crippen molar-refractivity contribution in [1.29, 1.82) is 0 Å². The van der Waals surface area contributed by atoms with E-state index in [-0.39, 0.29) is 13.2 Å². The van der Waals surface area contributed by atoms with Gasteiger partial charge in [0, 0.05) is 18.9 Å². The number of aliphatic hydroxyl groups excluding tert-OH is 2. The number of hydrogen-bond donors (Lipinski definition) is 3. The average Bonchev–Trinajstić information content (AvgIpc) is 2.27. The summed E-state index contributed by atoms with van der Waals surface area (Å²) in [6.45, 7) is 2.21. The van der Waals surface area contributed by atoms with E-state index in [1.54, 1.807) is 19.3 Å². The highest BCUT2D eigenvalue weighted by molar-refractivity contribution is 5.09. The van der Waals surface area contributed by atoms with Gasteiger partial charge in [-0.05, 0) is 24.6 Å². The lowest BCUT2D eigenvalue weighted by Gasteiger charge is -2.26. The first-order chi connectivity index (χ1) is 6.70. The van der Waals surface area contributed by atoms with Crippen molar-refractivity contribution in [3.05, 3.63) is 30.1 Å². The van der Waals surface area contributed by atoms with E-state index in [0.717, 1.165) is 5.56 Å². The Bertz CT molecular complexity index is 260. The topological polar surface area (TPSA) is 65.4 Å². The van der Waals surface area contributed by atoms with Crippen LogP contribution >= 0.6 is 0 Å². The molecule has 78 valence electrons. The Morgan fingerprint density at radius 2 is 1.86 bits per heavy atom. The minimum absolute atomic E-state index is 0.0887. The number of rotatable bonds is 5. The van der Waals surface area contributed by atoms with E-state index in [2.05, 4.69) is 10.3 Å². The van der Waals surface area contributed by atoms with Crippen molar-refractivity contribution in [3.8, 4) is 0 Å². The largest absolute Gasteiger partial charge is 0.394 e. The Morgan fingerprint density at radius 3 is 2.36 bits per heavy atom. The lowest BCUT2D eigenvalue weighted by atomic mass is 10.1. The van der Waals surface area contributed by atoms with Crippen LogP contribution in [0.15, 0.2) is 24.5 Å². The summed E-state index contributed by atoms with van der Waals surface area (Å²) in [4.78, 5) is 3.90. The molecule has 14 heavy (non-hydrogen) atoms. The van der Waals surface area contributed by atoms with Gasteiger partial charge in [-0.1, -0.05) is 0 Å². The van der Waals surface area contributed by atoms with Gasteiger partial charge in [-0.25, -0.2) is 0 Å². The van der Waals surface area contributed by atoms with Gasteiger partial charge >= 0.3 is 0 Å². The van der Waals surface area contributed by atoms with E-state index in [1.807, 2.05) is 12.1 Å². The van der Waals surface area contributed by atoms with Crippen LogP contribution in [0, 0.1) is 0 Å². The molecule has 0 saturated heterocycles. The Kier molecular flexibility index (Phi) is 4.00. The molecule has 0 bridgehead atoms. The zero-order chi connectivity index (χ0) is 10.4. The molecule has 1 aromatic heterocycles. The molecule has 0 aromatic carbocycles. The van der Waals surface area contributed by atoms with Gasteiger partial charge in [0.2, 0.25) is 0 Å². The third kappa shape index (κ3) is 3.06. The summed E-state index contributed by atoms with van der Waals surface area (Å²) in [5, 5.41) is 21.1. The summed E-state index contributed by atoms with van der Waals surface area (Å²) in [6.07, 6.45) is 3.43. The van der Waals surface area contributed by atoms with Crippen LogP contribution in [0.2, 0.25) is 0 Å². The van der Waals surface area contributed by atoms with Crippen LogP contribution in [0.5, 0.6) is 0 Å². The van der Waals surface area contributed by atoms with E-state index in [9.17, 15) is 0 Å². The molecule has 0 spiro atoms. The zero-order valence-corrected chi connectivity index (χ0v) is 8.27. The third-order valence-corrected chi connectivity index (χ3v) is 2.17. The van der Waals surface area contributed by atoms with Gasteiger partial charge in [-0.3, -0.25) is 4.98 Å². The van der Waals surface area contributed by atoms with Crippen molar-refractivity contribution in [2.24, 2.45) is 0 Å². The number of nitrogens with one attached hydrogen (secondary N) is 1. The summed E-state index contributed by atoms with van der Waals surface area (Å²) in [7, 11) is 0. The van der Waals surface area contributed by atoms with Crippen molar-refractivity contribution < 1.29 is 10.2 Å². The molecule has 0 atom stereocenters. The molecule has 0 aliphatic rings. The molecule has 0 aliphatic heterocycles. The Balaban J connectivity index is 2.48. The maximum Gasteiger partial charge on any atom is 0.0633 e. The standard InChI is InChI=1S/C10H16N2O2/c1-10(7-13,8-14)12-6-9-2-4-11-5-3-9/h2-5,12-14H,6-8H2,1H3. The zero-order valence-electron chi connectivity index (χ0n) is 8.27. The van der Waals surface area contributed by atoms with E-state index in [4.69, 9.17) is 10.2 Å². The Morgan fingerprint density at radius 1 is 1.29 bits per heavy atom. The highest BCUT2D eigenvalue weighted by Crippen LogP contribution is 2.03. The molecule has 4 nitrogen and oxygen atoms in total. The minimum atomic E-state index is -0.622. The molecule has 1 heterocycles. The van der Waals surface area contributed by atoms with Gasteiger partial charge in [0.15, 0.2) is 0 Å². The fourth-order valence-corrected chi connectivity index (χ4v) is 0.978. The summed E-state index contributed by atoms with van der Waals surface area (Å²) >= 11 is 0. The number of aliphatic hydroxyl groups is 2. The summed E-state index contributed by atoms with van der Waals surface area (Å²) < 4.78 is 0. The lowest BCUT2D eigenvalue weighted by Crippen LogP contribution is -2.48. The summed E-state index contributed by atoms with van der Waals surface area (Å²) in [6, 6.07) is 3.78. The molecule has 0 radical (unpaired) electrons. The van der Waals surface area contributed by atoms with Crippen LogP contribution < -0.4 is 5.32 Å². The van der Waals surface area contributed by atoms with Crippen molar-refractivity contribution >= 4 is 0 Å². The van der Waals surface area contributed by atoms with Crippen molar-refractivity contribution in [2.45, 2.75) is 19.0 Å². The van der Waals surface area contributed by atoms with E-state index in [1.165, 1.54) is 0 Å². The van der Waals surface area contributed by atoms with Crippen molar-refractivity contribution in [1.82, 2.24) is 10.3 Å². The second kappa shape index (κ2) is 5.05. The number of aromatic nitrogens is 1. The van der Waals surface area contributed by atoms with E-state index in [0.29, 0.717) is 6.54 Å². The van der Waals surface area contributed by atoms with Gasteiger partial charge < -0.3 is 15.5 Å². The predicted molar refractivity (Wildman–Crippen MR) is 53.7 cm³/mol. The molecule has 0 fully saturated rings. The maximum absolute atomic E-state index is 9.03. The molecule has 0 amide bonds. The SMILES string of the molecule is CC(CO)(CO)NCc1ccncc1. The van der Waals surface area contributed by atoms with Crippen molar-refractivity contribution in [2.75, 3.05) is 13.2 Å². The fourth-order valence-electron chi connectivity index (χ4n) is 0.978. The fraction of sp³-hybridized carbons (Fsp3) is 0.500. The quantitative estimate of drug-likeness (QED) is 0.616. The third-order valence-electron chi connectivity index (χ3n) is 2.17. The number of nitrogens with zero attached hydrogens (tertiary/aromatic N) is 1. The highest BCUT2D eigenvalue weighted by atomic mass is 16.3. The second-order valence-corrected chi connectivity index (χ2v) is 3.59. The highest BCUT2D eigenvalue weighted by Gasteiger charge is 2.20. The first kappa shape index (κ1) is 11.1. The molecular formula is C10H16N2O2. The van der Waals surface area contributed by atoms with Crippen LogP contribution in [-0.4, -0.2) is 33.9 Å². The molecular weight excluding hydrogens is 180 g/mol. The summed E-state index contributed by atoms with van der Waals surface area (Å²) in [5.74, 6) is 0. The molecule has 1 rings (SSSR count). The van der Waals surface area contributed by atoms with Gasteiger partial charge in [0.25, 0.3) is 0 Å². The van der Waals surface area contributed by atoms with Crippen molar-refractivity contribution in [3.63, 3.8) is 0 Å². The lowest BCUT2D eigenvalue weighted by molar-refractivity contribution is 0.103. The first-order valence-corrected chi connectivity index (χ1v) is 4.56. The molecule has 0 aliphatic carbocycles. The van der Waals surface area contributed by atoms with Gasteiger partial charge in [-0.15, -0.1) is 0 Å². The first-order valence-electron chi connectivity index (χ1n) is 4.56. The predicted octanol–water partition coefficient (Wildman–Crippen LogP) is -0.0855. The van der Waals surface area contributed by atoms with Gasteiger partial charge in [-0.2, -0.15) is 0 Å². The monoisotopic (exact) mass is 196 g/mol. The molecule has 1 aromatic rings. The molecule has 0 saturated carbocycles. The maximum atomic E-state index is 9.03. The average molecular weight is 196 g/mol. The van der Waals surface area contributed by atoms with Crippen LogP contribution in [-0.2, 0) is 6.54 Å². The van der Waals surface area contributed by atoms with E-state index >= 15 is 0 Å². The minimum Gasteiger partial charge on any atom is -0.394 e. The molecule has 0 unspecified atom stereocenters. The van der Waals surface area contributed by atoms with Gasteiger partial charge in [0.1, 0.15) is 0 Å². The van der Waals surface area contributed by atoms with E-state index < -0.39 is 5.54 Å². The molecule has 3 N–H and O–H groups in total. The van der Waals surface area contributed by atoms with Crippen LogP contribution in [0.25, 0.3) is 0 Å². The van der Waals surface area contributed by atoms with Crippen LogP contribution in [0.1, 0.15) is 12.5 Å². The van der Waals surface area contributed by atoms with Gasteiger partial charge in [0.05, 0.1) is 18.8 Å². The number of pyridine rings is 1. The number of hydrogen-bond acceptors (Lipinski definition) is 4.